The van der Waals surface area contributed by atoms with Crippen LogP contribution in [0.2, 0.25) is 0 Å². The van der Waals surface area contributed by atoms with Crippen molar-refractivity contribution < 1.29 is 28.7 Å². The van der Waals surface area contributed by atoms with E-state index in [1.807, 2.05) is 0 Å². The second-order valence-corrected chi connectivity index (χ2v) is 6.24. The average Bonchev–Trinajstić information content (AvgIpc) is 2.62. The Labute approximate surface area is 154 Å². The van der Waals surface area contributed by atoms with Gasteiger partial charge in [0.2, 0.25) is 0 Å². The highest BCUT2D eigenvalue weighted by atomic mass is 16.5. The van der Waals surface area contributed by atoms with E-state index >= 15 is 0 Å². The number of unbranched alkanes of at least 4 members (excludes halogenated alkanes) is 6. The summed E-state index contributed by atoms with van der Waals surface area (Å²) in [4.78, 5) is 47.9. The summed E-state index contributed by atoms with van der Waals surface area (Å²) in [5.74, 6) is -3.08. The molecule has 0 bridgehead atoms. The fraction of sp³-hybridized carbons (Fsp3) is 0.600. The minimum Gasteiger partial charge on any atom is -0.462 e. The Morgan fingerprint density at radius 3 is 1.42 bits per heavy atom. The monoisotopic (exact) mass is 364 g/mol. The van der Waals surface area contributed by atoms with Gasteiger partial charge < -0.3 is 9.47 Å². The molecule has 0 aliphatic heterocycles. The summed E-state index contributed by atoms with van der Waals surface area (Å²) in [6.07, 6.45) is 9.24. The standard InChI is InChI=1S/C20H28O6/c1-3-5-7-9-11-25-19(23)15-13-18(22)16(14-17(15)21)20(24)26-12-10-8-6-4-2/h13-14H,3-12H2,1-2H3. The summed E-state index contributed by atoms with van der Waals surface area (Å²) < 4.78 is 10.0. The van der Waals surface area contributed by atoms with Crippen LogP contribution in [0, 0.1) is 0 Å². The molecule has 0 fully saturated rings. The lowest BCUT2D eigenvalue weighted by Crippen LogP contribution is -2.25. The summed E-state index contributed by atoms with van der Waals surface area (Å²) in [6.45, 7) is 4.55. The Morgan fingerprint density at radius 1 is 0.692 bits per heavy atom. The lowest BCUT2D eigenvalue weighted by atomic mass is 9.97. The van der Waals surface area contributed by atoms with Crippen LogP contribution in [0.3, 0.4) is 0 Å². The van der Waals surface area contributed by atoms with Gasteiger partial charge in [-0.15, -0.1) is 0 Å². The smallest absolute Gasteiger partial charge is 0.342 e. The normalized spacial score (nSPS) is 13.9. The zero-order valence-electron chi connectivity index (χ0n) is 15.7. The van der Waals surface area contributed by atoms with Crippen molar-refractivity contribution in [1.82, 2.24) is 0 Å². The molecule has 0 N–H and O–H groups in total. The molecule has 0 radical (unpaired) electrons. The highest BCUT2D eigenvalue weighted by Gasteiger charge is 2.30. The van der Waals surface area contributed by atoms with E-state index in [2.05, 4.69) is 13.8 Å². The van der Waals surface area contributed by atoms with Crippen LogP contribution in [0.25, 0.3) is 0 Å². The van der Waals surface area contributed by atoms with Crippen LogP contribution < -0.4 is 0 Å². The van der Waals surface area contributed by atoms with Gasteiger partial charge in [-0.3, -0.25) is 9.59 Å². The van der Waals surface area contributed by atoms with Crippen molar-refractivity contribution in [2.75, 3.05) is 13.2 Å². The number of hydrogen-bond acceptors (Lipinski definition) is 6. The Hall–Kier alpha value is -2.24. The first kappa shape index (κ1) is 21.8. The van der Waals surface area contributed by atoms with E-state index in [1.54, 1.807) is 0 Å². The molecule has 0 unspecified atom stereocenters. The Kier molecular flexibility index (Phi) is 10.2. The predicted molar refractivity (Wildman–Crippen MR) is 96.4 cm³/mol. The lowest BCUT2D eigenvalue weighted by Gasteiger charge is -2.12. The topological polar surface area (TPSA) is 86.7 Å². The molecular formula is C20H28O6. The fourth-order valence-corrected chi connectivity index (χ4v) is 2.42. The minimum atomic E-state index is -0.830. The van der Waals surface area contributed by atoms with Gasteiger partial charge in [0.25, 0.3) is 0 Å². The zero-order chi connectivity index (χ0) is 19.4. The average molecular weight is 364 g/mol. The van der Waals surface area contributed by atoms with Crippen LogP contribution >= 0.6 is 0 Å². The van der Waals surface area contributed by atoms with E-state index in [0.717, 1.165) is 50.7 Å². The predicted octanol–water partition coefficient (Wildman–Crippen LogP) is 3.24. The van der Waals surface area contributed by atoms with Crippen molar-refractivity contribution in [3.63, 3.8) is 0 Å². The highest BCUT2D eigenvalue weighted by Crippen LogP contribution is 2.15. The highest BCUT2D eigenvalue weighted by molar-refractivity contribution is 6.35. The summed E-state index contributed by atoms with van der Waals surface area (Å²) in [7, 11) is 0. The number of esters is 2. The van der Waals surface area contributed by atoms with Crippen molar-refractivity contribution in [3.05, 3.63) is 23.3 Å². The van der Waals surface area contributed by atoms with Gasteiger partial charge in [-0.1, -0.05) is 52.4 Å². The molecule has 0 heterocycles. The molecule has 0 atom stereocenters. The van der Waals surface area contributed by atoms with Crippen molar-refractivity contribution >= 4 is 23.5 Å². The van der Waals surface area contributed by atoms with Crippen LogP contribution in [0.4, 0.5) is 0 Å². The van der Waals surface area contributed by atoms with Gasteiger partial charge in [0.05, 0.1) is 13.2 Å². The molecule has 0 spiro atoms. The Bertz CT molecular complexity index is 533. The largest absolute Gasteiger partial charge is 0.462 e. The van der Waals surface area contributed by atoms with Crippen LogP contribution in [0.1, 0.15) is 65.2 Å². The van der Waals surface area contributed by atoms with E-state index in [1.165, 1.54) is 0 Å². The first-order chi connectivity index (χ1) is 12.5. The lowest BCUT2D eigenvalue weighted by molar-refractivity contribution is -0.143. The van der Waals surface area contributed by atoms with Crippen LogP contribution in [0.5, 0.6) is 0 Å². The maximum absolute atomic E-state index is 12.0. The molecule has 0 saturated heterocycles. The van der Waals surface area contributed by atoms with E-state index in [9.17, 15) is 19.2 Å². The molecule has 1 aliphatic rings. The second kappa shape index (κ2) is 12.2. The SMILES string of the molecule is CCCCCCOC(=O)C1=CC(=O)C(C(=O)OCCCCCC)=CC1=O. The molecule has 0 aromatic carbocycles. The minimum absolute atomic E-state index is 0.202. The van der Waals surface area contributed by atoms with Crippen LogP contribution in [-0.2, 0) is 28.7 Å². The van der Waals surface area contributed by atoms with Gasteiger partial charge >= 0.3 is 11.9 Å². The third-order valence-electron chi connectivity index (χ3n) is 3.98. The quantitative estimate of drug-likeness (QED) is 0.229. The number of allylic oxidation sites excluding steroid dienone is 2. The van der Waals surface area contributed by atoms with E-state index in [-0.39, 0.29) is 24.4 Å². The number of carbonyl (C=O) groups excluding carboxylic acids is 4. The molecule has 1 aliphatic carbocycles. The van der Waals surface area contributed by atoms with Gasteiger partial charge in [0.1, 0.15) is 11.1 Å². The molecule has 6 nitrogen and oxygen atoms in total. The van der Waals surface area contributed by atoms with E-state index < -0.39 is 23.5 Å². The van der Waals surface area contributed by atoms with E-state index in [4.69, 9.17) is 9.47 Å². The van der Waals surface area contributed by atoms with Crippen molar-refractivity contribution in [3.8, 4) is 0 Å². The molecule has 0 saturated carbocycles. The molecule has 144 valence electrons. The molecular weight excluding hydrogens is 336 g/mol. The summed E-state index contributed by atoms with van der Waals surface area (Å²) in [5, 5.41) is 0. The number of rotatable bonds is 12. The third-order valence-corrected chi connectivity index (χ3v) is 3.98. The number of carbonyl (C=O) groups is 4. The number of hydrogen-bond donors (Lipinski definition) is 0. The number of ketones is 2. The Morgan fingerprint density at radius 2 is 1.08 bits per heavy atom. The van der Waals surface area contributed by atoms with Gasteiger partial charge in [0, 0.05) is 12.2 Å². The fourth-order valence-electron chi connectivity index (χ4n) is 2.42. The van der Waals surface area contributed by atoms with Gasteiger partial charge in [0.15, 0.2) is 11.6 Å². The number of ether oxygens (including phenoxy) is 2. The third kappa shape index (κ3) is 7.33. The van der Waals surface area contributed by atoms with Crippen LogP contribution in [-0.4, -0.2) is 36.7 Å². The molecule has 1 rings (SSSR count). The van der Waals surface area contributed by atoms with Crippen molar-refractivity contribution in [2.24, 2.45) is 0 Å². The molecule has 6 heteroatoms. The second-order valence-electron chi connectivity index (χ2n) is 6.24. The molecule has 0 aromatic rings. The molecule has 0 amide bonds. The van der Waals surface area contributed by atoms with Gasteiger partial charge in [-0.25, -0.2) is 9.59 Å². The van der Waals surface area contributed by atoms with Crippen LogP contribution in [0.15, 0.2) is 23.3 Å². The maximum Gasteiger partial charge on any atom is 0.342 e. The van der Waals surface area contributed by atoms with E-state index in [0.29, 0.717) is 12.8 Å². The summed E-state index contributed by atoms with van der Waals surface area (Å²) in [5.41, 5.74) is -0.685. The zero-order valence-corrected chi connectivity index (χ0v) is 15.7. The van der Waals surface area contributed by atoms with Gasteiger partial charge in [-0.2, -0.15) is 0 Å². The summed E-state index contributed by atoms with van der Waals surface area (Å²) >= 11 is 0. The molecule has 0 aromatic heterocycles. The van der Waals surface area contributed by atoms with Crippen molar-refractivity contribution in [1.29, 1.82) is 0 Å². The molecule has 26 heavy (non-hydrogen) atoms. The maximum atomic E-state index is 12.0. The van der Waals surface area contributed by atoms with Gasteiger partial charge in [-0.05, 0) is 12.8 Å². The summed E-state index contributed by atoms with van der Waals surface area (Å²) in [6, 6.07) is 0. The first-order valence-corrected chi connectivity index (χ1v) is 9.37. The Balaban J connectivity index is 2.50. The van der Waals surface area contributed by atoms with Crippen molar-refractivity contribution in [2.45, 2.75) is 65.2 Å². The first-order valence-electron chi connectivity index (χ1n) is 9.37.